The van der Waals surface area contributed by atoms with Gasteiger partial charge in [0.25, 0.3) is 20.0 Å². The molecule has 55 heavy (non-hydrogen) atoms. The van der Waals surface area contributed by atoms with Gasteiger partial charge < -0.3 is 31.9 Å². The van der Waals surface area contributed by atoms with Crippen molar-refractivity contribution in [3.05, 3.63) is 132 Å². The van der Waals surface area contributed by atoms with Crippen molar-refractivity contribution < 1.29 is 36.0 Å². The van der Waals surface area contributed by atoms with E-state index in [4.69, 9.17) is 0 Å². The van der Waals surface area contributed by atoms with Crippen LogP contribution in [0.25, 0.3) is 0 Å². The highest BCUT2D eigenvalue weighted by Gasteiger charge is 2.21. The summed E-state index contributed by atoms with van der Waals surface area (Å²) in [4.78, 5) is 49.7. The molecule has 0 aromatic heterocycles. The van der Waals surface area contributed by atoms with Crippen molar-refractivity contribution in [2.75, 3.05) is 31.9 Å². The second-order valence-electron chi connectivity index (χ2n) is 12.0. The summed E-state index contributed by atoms with van der Waals surface area (Å²) in [6, 6.07) is 25.6. The molecule has 0 radical (unpaired) electrons. The average Bonchev–Trinajstić information content (AvgIpc) is 3.10. The molecular formula is C37H36N8O8S2. The fraction of sp³-hybridized carbons (Fsp3) is 0.0811. The number of anilines is 6. The number of carbonyl (C=O) groups is 4. The first-order valence-corrected chi connectivity index (χ1v) is 19.3. The summed E-state index contributed by atoms with van der Waals surface area (Å²) in [5.74, 6) is 0. The summed E-state index contributed by atoms with van der Waals surface area (Å²) in [6.45, 7) is 5.27. The molecule has 5 aromatic rings. The minimum Gasteiger partial charge on any atom is -0.308 e. The Morgan fingerprint density at radius 2 is 0.745 bits per heavy atom. The van der Waals surface area contributed by atoms with E-state index < -0.39 is 44.2 Å². The predicted octanol–water partition coefficient (Wildman–Crippen LogP) is 6.92. The van der Waals surface area contributed by atoms with Gasteiger partial charge in [0.2, 0.25) is 0 Å². The van der Waals surface area contributed by atoms with E-state index in [-0.39, 0.29) is 26.7 Å². The fourth-order valence-electron chi connectivity index (χ4n) is 5.03. The molecule has 0 saturated heterocycles. The van der Waals surface area contributed by atoms with Gasteiger partial charge in [-0.3, -0.25) is 0 Å². The van der Waals surface area contributed by atoms with Crippen molar-refractivity contribution in [3.63, 3.8) is 0 Å². The first-order chi connectivity index (χ1) is 26.1. The minimum atomic E-state index is -4.35. The molecule has 8 N–H and O–H groups in total. The third-order valence-corrected chi connectivity index (χ3v) is 10.4. The lowest BCUT2D eigenvalue weighted by Crippen LogP contribution is -2.35. The number of benzene rings is 5. The van der Waals surface area contributed by atoms with Crippen LogP contribution in [0.5, 0.6) is 0 Å². The Balaban J connectivity index is 1.13. The highest BCUT2D eigenvalue weighted by Crippen LogP contribution is 2.24. The lowest BCUT2D eigenvalue weighted by molar-refractivity contribution is 0.255. The quantitative estimate of drug-likeness (QED) is 0.0739. The maximum atomic E-state index is 12.9. The van der Waals surface area contributed by atoms with Crippen molar-refractivity contribution >= 4 is 78.3 Å². The van der Waals surface area contributed by atoms with E-state index in [0.29, 0.717) is 22.7 Å². The van der Waals surface area contributed by atoms with Crippen molar-refractivity contribution in [1.82, 2.24) is 9.44 Å². The van der Waals surface area contributed by atoms with Crippen LogP contribution in [0.15, 0.2) is 125 Å². The zero-order chi connectivity index (χ0) is 39.8. The summed E-state index contributed by atoms with van der Waals surface area (Å²) in [5, 5.41) is 15.3. The predicted molar refractivity (Wildman–Crippen MR) is 210 cm³/mol. The van der Waals surface area contributed by atoms with Crippen LogP contribution in [0.4, 0.5) is 53.3 Å². The standard InChI is InChI=1S/C37H36N8O8S2/c1-23-7-4-9-28(21-23)40-34(46)38-26-13-17-30(18-14-26)54(50,51)44-36(48)42-32-11-6-12-33(25(32)3)43-37(49)45-55(52,53)31-19-15-27(16-20-31)39-35(47)41-29-10-5-8-24(2)22-29/h4-22H,1-3H3,(H2,38,40,46)(H2,39,41,47)(H2,42,44,48)(H2,43,45,49). The van der Waals surface area contributed by atoms with E-state index in [1.54, 1.807) is 36.4 Å². The molecule has 5 aromatic carbocycles. The van der Waals surface area contributed by atoms with Gasteiger partial charge in [0, 0.05) is 34.1 Å². The second kappa shape index (κ2) is 16.8. The van der Waals surface area contributed by atoms with E-state index in [0.717, 1.165) is 11.1 Å². The normalized spacial score (nSPS) is 11.0. The Kier molecular flexibility index (Phi) is 12.0. The molecule has 0 unspecified atom stereocenters. The average molecular weight is 785 g/mol. The van der Waals surface area contributed by atoms with Crippen LogP contribution in [0, 0.1) is 20.8 Å². The SMILES string of the molecule is Cc1cccc(NC(=O)Nc2ccc(S(=O)(=O)NC(=O)Nc3cccc(NC(=O)NS(=O)(=O)c4ccc(NC(=O)Nc5cccc(C)c5)cc4)c3C)cc2)c1. The molecular weight excluding hydrogens is 749 g/mol. The van der Waals surface area contributed by atoms with Gasteiger partial charge >= 0.3 is 24.1 Å². The number of rotatable bonds is 10. The molecule has 0 aliphatic carbocycles. The molecule has 18 heteroatoms. The maximum Gasteiger partial charge on any atom is 0.333 e. The van der Waals surface area contributed by atoms with Gasteiger partial charge in [-0.1, -0.05) is 30.3 Å². The molecule has 0 saturated carbocycles. The summed E-state index contributed by atoms with van der Waals surface area (Å²) < 4.78 is 55.5. The largest absolute Gasteiger partial charge is 0.333 e. The van der Waals surface area contributed by atoms with E-state index in [9.17, 15) is 36.0 Å². The zero-order valence-corrected chi connectivity index (χ0v) is 31.2. The van der Waals surface area contributed by atoms with Gasteiger partial charge in [0.1, 0.15) is 0 Å². The molecule has 0 heterocycles. The van der Waals surface area contributed by atoms with Crippen LogP contribution in [0.2, 0.25) is 0 Å². The summed E-state index contributed by atoms with van der Waals surface area (Å²) in [7, 11) is -8.70. The van der Waals surface area contributed by atoms with Gasteiger partial charge in [-0.25, -0.2) is 45.5 Å². The van der Waals surface area contributed by atoms with Gasteiger partial charge in [-0.2, -0.15) is 0 Å². The Bertz CT molecular complexity index is 2310. The maximum absolute atomic E-state index is 12.9. The van der Waals surface area contributed by atoms with Crippen molar-refractivity contribution in [2.45, 2.75) is 30.6 Å². The molecule has 0 aliphatic heterocycles. The first-order valence-electron chi connectivity index (χ1n) is 16.3. The van der Waals surface area contributed by atoms with Crippen LogP contribution in [0.3, 0.4) is 0 Å². The summed E-state index contributed by atoms with van der Waals surface area (Å²) >= 11 is 0. The van der Waals surface area contributed by atoms with Gasteiger partial charge in [-0.15, -0.1) is 0 Å². The number of aryl methyl sites for hydroxylation is 2. The lowest BCUT2D eigenvalue weighted by Gasteiger charge is -2.15. The number of carbonyl (C=O) groups excluding carboxylic acids is 4. The molecule has 284 valence electrons. The van der Waals surface area contributed by atoms with Crippen LogP contribution >= 0.6 is 0 Å². The Morgan fingerprint density at radius 1 is 0.400 bits per heavy atom. The number of sulfonamides is 2. The highest BCUT2D eigenvalue weighted by atomic mass is 32.2. The summed E-state index contributed by atoms with van der Waals surface area (Å²) in [6.07, 6.45) is 0. The first kappa shape index (κ1) is 39.3. The molecule has 8 amide bonds. The van der Waals surface area contributed by atoms with Crippen molar-refractivity contribution in [2.24, 2.45) is 0 Å². The molecule has 16 nitrogen and oxygen atoms in total. The Morgan fingerprint density at radius 3 is 1.11 bits per heavy atom. The van der Waals surface area contributed by atoms with Gasteiger partial charge in [0.05, 0.1) is 9.79 Å². The third-order valence-electron chi connectivity index (χ3n) is 7.68. The minimum absolute atomic E-state index is 0.113. The second-order valence-corrected chi connectivity index (χ2v) is 15.4. The van der Waals surface area contributed by atoms with Gasteiger partial charge in [-0.05, 0) is 122 Å². The van der Waals surface area contributed by atoms with E-state index in [2.05, 4.69) is 31.9 Å². The lowest BCUT2D eigenvalue weighted by atomic mass is 10.1. The topological polar surface area (TPSA) is 233 Å². The molecule has 5 rings (SSSR count). The molecule has 0 spiro atoms. The van der Waals surface area contributed by atoms with Crippen LogP contribution in [-0.2, 0) is 20.0 Å². The smallest absolute Gasteiger partial charge is 0.308 e. The van der Waals surface area contributed by atoms with Crippen LogP contribution < -0.4 is 41.3 Å². The van der Waals surface area contributed by atoms with E-state index >= 15 is 0 Å². The van der Waals surface area contributed by atoms with Crippen LogP contribution in [-0.4, -0.2) is 41.0 Å². The number of amides is 8. The number of hydrogen-bond donors (Lipinski definition) is 8. The molecule has 0 bridgehead atoms. The Hall–Kier alpha value is -6.92. The molecule has 0 aliphatic rings. The number of hydrogen-bond acceptors (Lipinski definition) is 8. The zero-order valence-electron chi connectivity index (χ0n) is 29.6. The third kappa shape index (κ3) is 11.0. The number of urea groups is 4. The summed E-state index contributed by atoms with van der Waals surface area (Å²) in [5.41, 5.74) is 4.18. The number of nitrogens with one attached hydrogen (secondary N) is 8. The monoisotopic (exact) mass is 784 g/mol. The molecule has 0 fully saturated rings. The van der Waals surface area contributed by atoms with E-state index in [1.165, 1.54) is 73.7 Å². The Labute approximate surface area is 317 Å². The fourth-order valence-corrected chi connectivity index (χ4v) is 6.85. The van der Waals surface area contributed by atoms with Crippen molar-refractivity contribution in [3.8, 4) is 0 Å². The van der Waals surface area contributed by atoms with Crippen LogP contribution in [0.1, 0.15) is 16.7 Å². The van der Waals surface area contributed by atoms with Gasteiger partial charge in [0.15, 0.2) is 0 Å². The molecule has 0 atom stereocenters. The van der Waals surface area contributed by atoms with E-state index in [1.807, 2.05) is 35.4 Å². The highest BCUT2D eigenvalue weighted by molar-refractivity contribution is 7.90. The van der Waals surface area contributed by atoms with Crippen molar-refractivity contribution in [1.29, 1.82) is 0 Å².